The van der Waals surface area contributed by atoms with Crippen LogP contribution in [0, 0.1) is 6.92 Å². The van der Waals surface area contributed by atoms with Crippen LogP contribution in [-0.2, 0) is 11.3 Å². The second-order valence-electron chi connectivity index (χ2n) is 5.76. The maximum atomic E-state index is 12.2. The van der Waals surface area contributed by atoms with Crippen molar-refractivity contribution in [2.75, 3.05) is 13.1 Å². The fraction of sp³-hybridized carbons (Fsp3) is 0.438. The number of benzene rings is 1. The van der Waals surface area contributed by atoms with Crippen LogP contribution in [0.5, 0.6) is 0 Å². The zero-order chi connectivity index (χ0) is 15.4. The van der Waals surface area contributed by atoms with E-state index >= 15 is 0 Å². The number of aromatic nitrogens is 3. The van der Waals surface area contributed by atoms with Gasteiger partial charge in [-0.25, -0.2) is 4.98 Å². The predicted molar refractivity (Wildman–Crippen MR) is 83.0 cm³/mol. The number of hydrogen-bond donors (Lipinski definition) is 2. The number of aromatic amines is 1. The third-order valence-corrected chi connectivity index (χ3v) is 4.03. The summed E-state index contributed by atoms with van der Waals surface area (Å²) in [5.41, 5.74) is 2.33. The Hall–Kier alpha value is -2.21. The lowest BCUT2D eigenvalue weighted by atomic mass is 10.1. The maximum Gasteiger partial charge on any atom is 0.234 e. The van der Waals surface area contributed by atoms with E-state index in [9.17, 15) is 4.79 Å². The van der Waals surface area contributed by atoms with Crippen molar-refractivity contribution in [3.63, 3.8) is 0 Å². The molecule has 22 heavy (non-hydrogen) atoms. The van der Waals surface area contributed by atoms with Crippen molar-refractivity contribution in [3.8, 4) is 0 Å². The summed E-state index contributed by atoms with van der Waals surface area (Å²) in [5.74, 6) is 0.900. The number of likely N-dealkylation sites (tertiary alicyclic amines) is 1. The Morgan fingerprint density at radius 3 is 3.18 bits per heavy atom. The molecule has 0 aliphatic carbocycles. The van der Waals surface area contributed by atoms with Crippen LogP contribution in [0.25, 0.3) is 0 Å². The van der Waals surface area contributed by atoms with Crippen LogP contribution < -0.4 is 5.32 Å². The Balaban J connectivity index is 1.53. The van der Waals surface area contributed by atoms with Crippen molar-refractivity contribution in [1.82, 2.24) is 25.4 Å². The first kappa shape index (κ1) is 14.7. The second kappa shape index (κ2) is 6.70. The summed E-state index contributed by atoms with van der Waals surface area (Å²) >= 11 is 0. The normalized spacial score (nSPS) is 18.5. The number of hydrogen-bond acceptors (Lipinski definition) is 4. The number of carbonyl (C=O) groups is 1. The van der Waals surface area contributed by atoms with Gasteiger partial charge in [-0.3, -0.25) is 14.8 Å². The molecule has 0 bridgehead atoms. The van der Waals surface area contributed by atoms with E-state index in [1.54, 1.807) is 0 Å². The van der Waals surface area contributed by atoms with Crippen molar-refractivity contribution in [2.24, 2.45) is 0 Å². The maximum absolute atomic E-state index is 12.2. The molecule has 1 fully saturated rings. The number of aryl methyl sites for hydroxylation is 1. The Labute approximate surface area is 129 Å². The molecule has 1 unspecified atom stereocenters. The number of nitrogens with zero attached hydrogens (tertiary/aromatic N) is 3. The summed E-state index contributed by atoms with van der Waals surface area (Å²) in [4.78, 5) is 18.6. The first-order valence-electron chi connectivity index (χ1n) is 7.64. The minimum Gasteiger partial charge on any atom is -0.351 e. The number of H-pyrrole nitrogens is 1. The van der Waals surface area contributed by atoms with Gasteiger partial charge in [0.15, 0.2) is 0 Å². The van der Waals surface area contributed by atoms with Gasteiger partial charge in [0.05, 0.1) is 12.6 Å². The largest absolute Gasteiger partial charge is 0.351 e. The molecule has 2 N–H and O–H groups in total. The standard InChI is InChI=1S/C16H21N5O/c1-12-4-2-5-13(8-12)9-17-15(22)10-21-7-3-6-14(21)16-18-11-19-20-16/h2,4-5,8,11,14H,3,6-7,9-10H2,1H3,(H,17,22)(H,18,19,20). The molecule has 1 atom stereocenters. The smallest absolute Gasteiger partial charge is 0.234 e. The minimum absolute atomic E-state index is 0.0490. The molecule has 3 rings (SSSR count). The van der Waals surface area contributed by atoms with Gasteiger partial charge in [-0.05, 0) is 31.9 Å². The van der Waals surface area contributed by atoms with Crippen LogP contribution in [-0.4, -0.2) is 39.1 Å². The van der Waals surface area contributed by atoms with Gasteiger partial charge in [-0.2, -0.15) is 5.10 Å². The molecular weight excluding hydrogens is 278 g/mol. The average Bonchev–Trinajstić information content (AvgIpc) is 3.16. The summed E-state index contributed by atoms with van der Waals surface area (Å²) in [6, 6.07) is 8.36. The van der Waals surface area contributed by atoms with E-state index in [0.717, 1.165) is 30.8 Å². The van der Waals surface area contributed by atoms with Crippen molar-refractivity contribution in [3.05, 3.63) is 47.5 Å². The van der Waals surface area contributed by atoms with Crippen molar-refractivity contribution in [2.45, 2.75) is 32.4 Å². The lowest BCUT2D eigenvalue weighted by Gasteiger charge is -2.21. The molecule has 1 amide bonds. The fourth-order valence-corrected chi connectivity index (χ4v) is 2.96. The lowest BCUT2D eigenvalue weighted by Crippen LogP contribution is -2.36. The van der Waals surface area contributed by atoms with Crippen molar-refractivity contribution < 1.29 is 4.79 Å². The first-order valence-corrected chi connectivity index (χ1v) is 7.64. The van der Waals surface area contributed by atoms with Gasteiger partial charge in [0.1, 0.15) is 12.2 Å². The lowest BCUT2D eigenvalue weighted by molar-refractivity contribution is -0.122. The van der Waals surface area contributed by atoms with E-state index in [1.165, 1.54) is 11.9 Å². The summed E-state index contributed by atoms with van der Waals surface area (Å²) in [5, 5.41) is 9.81. The summed E-state index contributed by atoms with van der Waals surface area (Å²) in [6.45, 7) is 3.94. The van der Waals surface area contributed by atoms with E-state index < -0.39 is 0 Å². The van der Waals surface area contributed by atoms with Crippen molar-refractivity contribution >= 4 is 5.91 Å². The van der Waals surface area contributed by atoms with Gasteiger partial charge in [0.25, 0.3) is 0 Å². The molecule has 1 aliphatic rings. The highest BCUT2D eigenvalue weighted by Crippen LogP contribution is 2.28. The van der Waals surface area contributed by atoms with Crippen molar-refractivity contribution in [1.29, 1.82) is 0 Å². The van der Waals surface area contributed by atoms with Gasteiger partial charge >= 0.3 is 0 Å². The predicted octanol–water partition coefficient (Wildman–Crippen LogP) is 1.57. The molecule has 6 heteroatoms. The Morgan fingerprint density at radius 1 is 1.50 bits per heavy atom. The average molecular weight is 299 g/mol. The van der Waals surface area contributed by atoms with E-state index in [4.69, 9.17) is 0 Å². The molecule has 2 aromatic rings. The molecule has 116 valence electrons. The molecule has 1 saturated heterocycles. The highest BCUT2D eigenvalue weighted by atomic mass is 16.2. The van der Waals surface area contributed by atoms with E-state index in [1.807, 2.05) is 12.1 Å². The molecule has 0 saturated carbocycles. The van der Waals surface area contributed by atoms with Gasteiger partial charge < -0.3 is 5.32 Å². The van der Waals surface area contributed by atoms with E-state index in [-0.39, 0.29) is 11.9 Å². The highest BCUT2D eigenvalue weighted by molar-refractivity contribution is 5.78. The van der Waals surface area contributed by atoms with Crippen LogP contribution in [0.3, 0.4) is 0 Å². The van der Waals surface area contributed by atoms with Gasteiger partial charge in [0, 0.05) is 6.54 Å². The zero-order valence-corrected chi connectivity index (χ0v) is 12.7. The van der Waals surface area contributed by atoms with Gasteiger partial charge in [-0.15, -0.1) is 0 Å². The molecule has 2 heterocycles. The number of rotatable bonds is 5. The second-order valence-corrected chi connectivity index (χ2v) is 5.76. The Kier molecular flexibility index (Phi) is 4.48. The topological polar surface area (TPSA) is 73.9 Å². The zero-order valence-electron chi connectivity index (χ0n) is 12.7. The molecule has 1 aromatic carbocycles. The number of amides is 1. The van der Waals surface area contributed by atoms with Gasteiger partial charge in [-0.1, -0.05) is 29.8 Å². The number of nitrogens with one attached hydrogen (secondary N) is 2. The minimum atomic E-state index is 0.0490. The molecule has 6 nitrogen and oxygen atoms in total. The molecule has 1 aromatic heterocycles. The molecule has 0 radical (unpaired) electrons. The molecule has 0 spiro atoms. The third kappa shape index (κ3) is 3.51. The third-order valence-electron chi connectivity index (χ3n) is 4.03. The highest BCUT2D eigenvalue weighted by Gasteiger charge is 2.29. The van der Waals surface area contributed by atoms with Crippen LogP contribution in [0.4, 0.5) is 0 Å². The van der Waals surface area contributed by atoms with E-state index in [0.29, 0.717) is 13.1 Å². The molecule has 1 aliphatic heterocycles. The van der Waals surface area contributed by atoms with Gasteiger partial charge in [0.2, 0.25) is 5.91 Å². The van der Waals surface area contributed by atoms with Crippen LogP contribution in [0.15, 0.2) is 30.6 Å². The fourth-order valence-electron chi connectivity index (χ4n) is 2.96. The monoisotopic (exact) mass is 299 g/mol. The summed E-state index contributed by atoms with van der Waals surface area (Å²) in [6.07, 6.45) is 3.61. The summed E-state index contributed by atoms with van der Waals surface area (Å²) < 4.78 is 0. The van der Waals surface area contributed by atoms with Crippen LogP contribution in [0.2, 0.25) is 0 Å². The van der Waals surface area contributed by atoms with E-state index in [2.05, 4.69) is 44.5 Å². The van der Waals surface area contributed by atoms with Crippen LogP contribution >= 0.6 is 0 Å². The SMILES string of the molecule is Cc1cccc(CNC(=O)CN2CCCC2c2ncn[nH]2)c1. The Morgan fingerprint density at radius 2 is 2.41 bits per heavy atom. The molecular formula is C16H21N5O. The van der Waals surface area contributed by atoms with Crippen LogP contribution in [0.1, 0.15) is 35.8 Å². The quantitative estimate of drug-likeness (QED) is 0.879. The first-order chi connectivity index (χ1) is 10.7. The summed E-state index contributed by atoms with van der Waals surface area (Å²) in [7, 11) is 0. The Bertz CT molecular complexity index is 625. The number of carbonyl (C=O) groups excluding carboxylic acids is 1.